The molecule has 2 N–H and O–H groups in total. The van der Waals surface area contributed by atoms with Gasteiger partial charge in [0.05, 0.1) is 29.5 Å². The van der Waals surface area contributed by atoms with Crippen LogP contribution in [0.15, 0.2) is 36.7 Å². The van der Waals surface area contributed by atoms with Gasteiger partial charge in [0.15, 0.2) is 0 Å². The summed E-state index contributed by atoms with van der Waals surface area (Å²) in [4.78, 5) is 4.02. The van der Waals surface area contributed by atoms with Gasteiger partial charge < -0.3 is 10.6 Å². The second kappa shape index (κ2) is 5.01. The maximum Gasteiger partial charge on any atom is 0.146 e. The molecule has 88 valence electrons. The van der Waals surface area contributed by atoms with Crippen LogP contribution < -0.4 is 10.6 Å². The van der Waals surface area contributed by atoms with E-state index in [-0.39, 0.29) is 5.82 Å². The number of pyridine rings is 1. The number of hydrogen-bond donors (Lipinski definition) is 2. The summed E-state index contributed by atoms with van der Waals surface area (Å²) >= 11 is 5.81. The van der Waals surface area contributed by atoms with E-state index in [0.29, 0.717) is 16.4 Å². The van der Waals surface area contributed by atoms with Crippen molar-refractivity contribution in [2.45, 2.75) is 0 Å². The van der Waals surface area contributed by atoms with Gasteiger partial charge in [-0.2, -0.15) is 0 Å². The van der Waals surface area contributed by atoms with Gasteiger partial charge in [0, 0.05) is 12.1 Å². The molecule has 0 spiro atoms. The lowest BCUT2D eigenvalue weighted by atomic mass is 10.3. The van der Waals surface area contributed by atoms with Crippen molar-refractivity contribution in [1.29, 1.82) is 0 Å². The SMILES string of the molecule is CNc1cncc(Nc2cc(Cl)ccc2F)c1. The first-order chi connectivity index (χ1) is 8.19. The second-order valence-electron chi connectivity index (χ2n) is 3.46. The minimum Gasteiger partial charge on any atom is -0.387 e. The Hall–Kier alpha value is -1.81. The predicted octanol–water partition coefficient (Wildman–Crippen LogP) is 3.66. The van der Waals surface area contributed by atoms with Gasteiger partial charge >= 0.3 is 0 Å². The van der Waals surface area contributed by atoms with Crippen LogP contribution in [0.2, 0.25) is 5.02 Å². The molecule has 0 saturated heterocycles. The van der Waals surface area contributed by atoms with Crippen LogP contribution in [0.4, 0.5) is 21.5 Å². The van der Waals surface area contributed by atoms with Crippen LogP contribution in [0, 0.1) is 5.82 Å². The molecule has 0 unspecified atom stereocenters. The van der Waals surface area contributed by atoms with E-state index in [1.54, 1.807) is 19.4 Å². The smallest absolute Gasteiger partial charge is 0.146 e. The van der Waals surface area contributed by atoms with E-state index in [1.807, 2.05) is 6.07 Å². The Morgan fingerprint density at radius 2 is 1.94 bits per heavy atom. The topological polar surface area (TPSA) is 37.0 Å². The number of anilines is 3. The maximum absolute atomic E-state index is 13.5. The molecule has 0 radical (unpaired) electrons. The lowest BCUT2D eigenvalue weighted by Gasteiger charge is -2.09. The van der Waals surface area contributed by atoms with E-state index in [0.717, 1.165) is 5.69 Å². The minimum absolute atomic E-state index is 0.326. The summed E-state index contributed by atoms with van der Waals surface area (Å²) in [6.07, 6.45) is 3.29. The highest BCUT2D eigenvalue weighted by molar-refractivity contribution is 6.30. The number of nitrogens with one attached hydrogen (secondary N) is 2. The average Bonchev–Trinajstić information content (AvgIpc) is 2.34. The molecule has 0 amide bonds. The molecule has 17 heavy (non-hydrogen) atoms. The third-order valence-corrected chi connectivity index (χ3v) is 2.47. The third kappa shape index (κ3) is 2.85. The summed E-state index contributed by atoms with van der Waals surface area (Å²) in [6.45, 7) is 0. The van der Waals surface area contributed by atoms with Crippen LogP contribution in [0.1, 0.15) is 0 Å². The summed E-state index contributed by atoms with van der Waals surface area (Å²) in [5, 5.41) is 6.36. The highest BCUT2D eigenvalue weighted by Gasteiger charge is 2.03. The number of rotatable bonds is 3. The van der Waals surface area contributed by atoms with Crippen molar-refractivity contribution in [1.82, 2.24) is 4.98 Å². The zero-order valence-electron chi connectivity index (χ0n) is 9.17. The number of aromatic nitrogens is 1. The van der Waals surface area contributed by atoms with Gasteiger partial charge in [0.1, 0.15) is 5.82 Å². The molecular weight excluding hydrogens is 241 g/mol. The monoisotopic (exact) mass is 251 g/mol. The van der Waals surface area contributed by atoms with Gasteiger partial charge in [-0.3, -0.25) is 4.98 Å². The lowest BCUT2D eigenvalue weighted by molar-refractivity contribution is 0.632. The number of nitrogens with zero attached hydrogens (tertiary/aromatic N) is 1. The molecule has 2 aromatic rings. The van der Waals surface area contributed by atoms with Crippen LogP contribution in [0.5, 0.6) is 0 Å². The number of benzene rings is 1. The van der Waals surface area contributed by atoms with Crippen LogP contribution in [0.25, 0.3) is 0 Å². The Morgan fingerprint density at radius 1 is 1.18 bits per heavy atom. The van der Waals surface area contributed by atoms with E-state index < -0.39 is 0 Å². The van der Waals surface area contributed by atoms with Gasteiger partial charge in [-0.15, -0.1) is 0 Å². The van der Waals surface area contributed by atoms with Gasteiger partial charge in [-0.25, -0.2) is 4.39 Å². The van der Waals surface area contributed by atoms with Crippen molar-refractivity contribution in [3.8, 4) is 0 Å². The third-order valence-electron chi connectivity index (χ3n) is 2.23. The molecule has 1 aromatic heterocycles. The molecule has 0 saturated carbocycles. The molecule has 1 aromatic carbocycles. The zero-order chi connectivity index (χ0) is 12.3. The summed E-state index contributed by atoms with van der Waals surface area (Å²) in [7, 11) is 1.79. The molecule has 1 heterocycles. The van der Waals surface area contributed by atoms with Crippen LogP contribution in [-0.4, -0.2) is 12.0 Å². The summed E-state index contributed by atoms with van der Waals surface area (Å²) in [5.74, 6) is -0.357. The van der Waals surface area contributed by atoms with Crippen LogP contribution in [-0.2, 0) is 0 Å². The molecular formula is C12H11ClFN3. The lowest BCUT2D eigenvalue weighted by Crippen LogP contribution is -1.96. The summed E-state index contributed by atoms with van der Waals surface area (Å²) in [6, 6.07) is 6.18. The molecule has 3 nitrogen and oxygen atoms in total. The van der Waals surface area contributed by atoms with Crippen molar-refractivity contribution in [3.63, 3.8) is 0 Å². The Balaban J connectivity index is 2.27. The largest absolute Gasteiger partial charge is 0.387 e. The van der Waals surface area contributed by atoms with Crippen molar-refractivity contribution in [2.75, 3.05) is 17.7 Å². The van der Waals surface area contributed by atoms with Crippen molar-refractivity contribution < 1.29 is 4.39 Å². The Bertz CT molecular complexity index is 531. The van der Waals surface area contributed by atoms with E-state index in [4.69, 9.17) is 11.6 Å². The molecule has 0 aliphatic carbocycles. The van der Waals surface area contributed by atoms with Crippen molar-refractivity contribution in [2.24, 2.45) is 0 Å². The average molecular weight is 252 g/mol. The van der Waals surface area contributed by atoms with Gasteiger partial charge in [-0.1, -0.05) is 11.6 Å². The molecule has 2 rings (SSSR count). The second-order valence-corrected chi connectivity index (χ2v) is 3.90. The van der Waals surface area contributed by atoms with Crippen molar-refractivity contribution in [3.05, 3.63) is 47.5 Å². The fourth-order valence-corrected chi connectivity index (χ4v) is 1.57. The molecule has 0 bridgehead atoms. The molecule has 0 atom stereocenters. The van der Waals surface area contributed by atoms with E-state index in [2.05, 4.69) is 15.6 Å². The van der Waals surface area contributed by atoms with E-state index >= 15 is 0 Å². The fraction of sp³-hybridized carbons (Fsp3) is 0.0833. The first-order valence-corrected chi connectivity index (χ1v) is 5.42. The number of hydrogen-bond acceptors (Lipinski definition) is 3. The maximum atomic E-state index is 13.5. The summed E-state index contributed by atoms with van der Waals surface area (Å²) in [5.41, 5.74) is 1.86. The standard InChI is InChI=1S/C12H11ClFN3/c1-15-9-5-10(7-16-6-9)17-12-4-8(13)2-3-11(12)14/h2-7,15,17H,1H3. The van der Waals surface area contributed by atoms with Gasteiger partial charge in [-0.05, 0) is 24.3 Å². The fourth-order valence-electron chi connectivity index (χ4n) is 1.39. The molecule has 0 aliphatic rings. The Kier molecular flexibility index (Phi) is 3.44. The Morgan fingerprint density at radius 3 is 2.71 bits per heavy atom. The van der Waals surface area contributed by atoms with E-state index in [1.165, 1.54) is 18.2 Å². The normalized spacial score (nSPS) is 10.1. The quantitative estimate of drug-likeness (QED) is 0.874. The van der Waals surface area contributed by atoms with Gasteiger partial charge in [0.2, 0.25) is 0 Å². The predicted molar refractivity (Wildman–Crippen MR) is 68.5 cm³/mol. The highest BCUT2D eigenvalue weighted by Crippen LogP contribution is 2.24. The minimum atomic E-state index is -0.357. The van der Waals surface area contributed by atoms with Gasteiger partial charge in [0.25, 0.3) is 0 Å². The first kappa shape index (κ1) is 11.7. The van der Waals surface area contributed by atoms with Crippen LogP contribution in [0.3, 0.4) is 0 Å². The highest BCUT2D eigenvalue weighted by atomic mass is 35.5. The molecule has 5 heteroatoms. The summed E-state index contributed by atoms with van der Waals surface area (Å²) < 4.78 is 13.5. The number of halogens is 2. The first-order valence-electron chi connectivity index (χ1n) is 5.04. The molecule has 0 fully saturated rings. The van der Waals surface area contributed by atoms with Crippen molar-refractivity contribution >= 4 is 28.7 Å². The molecule has 0 aliphatic heterocycles. The Labute approximate surface area is 104 Å². The zero-order valence-corrected chi connectivity index (χ0v) is 9.92. The van der Waals surface area contributed by atoms with Crippen LogP contribution >= 0.6 is 11.6 Å². The van der Waals surface area contributed by atoms with E-state index in [9.17, 15) is 4.39 Å².